The predicted molar refractivity (Wildman–Crippen MR) is 105 cm³/mol. The number of nitrogens with zero attached hydrogens (tertiary/aromatic N) is 4. The molecule has 1 aliphatic carbocycles. The predicted octanol–water partition coefficient (Wildman–Crippen LogP) is 2.81. The second kappa shape index (κ2) is 8.35. The Hall–Kier alpha value is -0.790. The van der Waals surface area contributed by atoms with Crippen molar-refractivity contribution in [2.75, 3.05) is 26.7 Å². The second-order valence-electron chi connectivity index (χ2n) is 6.98. The van der Waals surface area contributed by atoms with Crippen molar-refractivity contribution in [3.63, 3.8) is 0 Å². The highest BCUT2D eigenvalue weighted by molar-refractivity contribution is 14.0. The smallest absolute Gasteiger partial charge is 0.193 e. The van der Waals surface area contributed by atoms with Gasteiger partial charge in [-0.05, 0) is 36.7 Å². The lowest BCUT2D eigenvalue weighted by Crippen LogP contribution is -2.42. The van der Waals surface area contributed by atoms with Crippen molar-refractivity contribution in [1.82, 2.24) is 20.0 Å². The van der Waals surface area contributed by atoms with E-state index < -0.39 is 0 Å². The van der Waals surface area contributed by atoms with Crippen LogP contribution in [0.3, 0.4) is 0 Å². The van der Waals surface area contributed by atoms with Gasteiger partial charge in [0.05, 0.1) is 6.20 Å². The van der Waals surface area contributed by atoms with Crippen LogP contribution in [-0.4, -0.2) is 47.3 Å². The highest BCUT2D eigenvalue weighted by Gasteiger charge is 2.39. The molecule has 0 aromatic carbocycles. The van der Waals surface area contributed by atoms with Gasteiger partial charge in [-0.2, -0.15) is 5.10 Å². The molecule has 0 radical (unpaired) electrons. The number of hydrogen-bond acceptors (Lipinski definition) is 2. The molecule has 0 amide bonds. The van der Waals surface area contributed by atoms with Crippen LogP contribution in [0, 0.1) is 5.41 Å². The van der Waals surface area contributed by atoms with E-state index in [1.807, 2.05) is 25.0 Å². The minimum absolute atomic E-state index is 0. The molecule has 1 spiro atoms. The number of nitrogens with one attached hydrogen (secondary N) is 1. The van der Waals surface area contributed by atoms with Gasteiger partial charge in [0, 0.05) is 39.9 Å². The maximum atomic E-state index is 4.50. The monoisotopic (exact) mass is 431 g/mol. The number of hydrogen-bond donors (Lipinski definition) is 1. The number of likely N-dealkylation sites (tertiary alicyclic amines) is 1. The summed E-state index contributed by atoms with van der Waals surface area (Å²) in [5.41, 5.74) is 1.86. The zero-order valence-corrected chi connectivity index (χ0v) is 16.8. The van der Waals surface area contributed by atoms with Crippen LogP contribution in [0.1, 0.15) is 44.1 Å². The quantitative estimate of drug-likeness (QED) is 0.455. The molecule has 1 aliphatic heterocycles. The van der Waals surface area contributed by atoms with Crippen LogP contribution >= 0.6 is 24.0 Å². The van der Waals surface area contributed by atoms with Crippen LogP contribution in [0.2, 0.25) is 0 Å². The summed E-state index contributed by atoms with van der Waals surface area (Å²) in [5.74, 6) is 1.08. The fourth-order valence-corrected chi connectivity index (χ4v) is 4.08. The summed E-state index contributed by atoms with van der Waals surface area (Å²) in [7, 11) is 3.86. The molecule has 2 fully saturated rings. The van der Waals surface area contributed by atoms with Gasteiger partial charge >= 0.3 is 0 Å². The Morgan fingerprint density at radius 1 is 1.30 bits per heavy atom. The van der Waals surface area contributed by atoms with Gasteiger partial charge in [-0.3, -0.25) is 9.67 Å². The molecule has 130 valence electrons. The normalized spacial score (nSPS) is 20.6. The lowest BCUT2D eigenvalue weighted by atomic mass is 9.73. The van der Waals surface area contributed by atoms with E-state index in [0.717, 1.165) is 25.5 Å². The van der Waals surface area contributed by atoms with E-state index in [0.29, 0.717) is 5.41 Å². The summed E-state index contributed by atoms with van der Waals surface area (Å²) >= 11 is 0. The van der Waals surface area contributed by atoms with Gasteiger partial charge in [0.25, 0.3) is 0 Å². The molecule has 5 nitrogen and oxygen atoms in total. The maximum absolute atomic E-state index is 4.50. The lowest BCUT2D eigenvalue weighted by molar-refractivity contribution is 0.203. The molecular weight excluding hydrogens is 401 g/mol. The molecule has 2 aliphatic rings. The Morgan fingerprint density at radius 3 is 2.74 bits per heavy atom. The number of aromatic nitrogens is 2. The molecular formula is C17H30IN5. The van der Waals surface area contributed by atoms with Crippen molar-refractivity contribution < 1.29 is 0 Å². The number of aliphatic imine (C=N–C) groups is 1. The van der Waals surface area contributed by atoms with Crippen LogP contribution in [0.5, 0.6) is 0 Å². The molecule has 1 saturated heterocycles. The van der Waals surface area contributed by atoms with Crippen molar-refractivity contribution in [1.29, 1.82) is 0 Å². The van der Waals surface area contributed by atoms with Crippen molar-refractivity contribution >= 4 is 29.9 Å². The Balaban J connectivity index is 0.00000192. The molecule has 0 bridgehead atoms. The SMILES string of the molecule is CN=C(NCCc1cnn(C)c1)N1CCC2(CCCCC2)C1.I. The lowest BCUT2D eigenvalue weighted by Gasteiger charge is -2.33. The third-order valence-corrected chi connectivity index (χ3v) is 5.32. The first kappa shape index (κ1) is 18.5. The molecule has 2 heterocycles. The van der Waals surface area contributed by atoms with Crippen LogP contribution < -0.4 is 5.32 Å². The topological polar surface area (TPSA) is 45.5 Å². The molecule has 1 saturated carbocycles. The molecule has 0 unspecified atom stereocenters. The van der Waals surface area contributed by atoms with Crippen LogP contribution in [-0.2, 0) is 13.5 Å². The number of halogens is 1. The first-order valence-corrected chi connectivity index (χ1v) is 8.64. The van der Waals surface area contributed by atoms with Crippen LogP contribution in [0.25, 0.3) is 0 Å². The van der Waals surface area contributed by atoms with Crippen molar-refractivity contribution in [2.24, 2.45) is 17.5 Å². The molecule has 23 heavy (non-hydrogen) atoms. The first-order chi connectivity index (χ1) is 10.7. The largest absolute Gasteiger partial charge is 0.356 e. The van der Waals surface area contributed by atoms with Gasteiger partial charge in [0.15, 0.2) is 5.96 Å². The van der Waals surface area contributed by atoms with Crippen molar-refractivity contribution in [3.05, 3.63) is 18.0 Å². The minimum Gasteiger partial charge on any atom is -0.356 e. The summed E-state index contributed by atoms with van der Waals surface area (Å²) in [6.45, 7) is 3.27. The Morgan fingerprint density at radius 2 is 2.09 bits per heavy atom. The van der Waals surface area contributed by atoms with Gasteiger partial charge in [-0.25, -0.2) is 0 Å². The summed E-state index contributed by atoms with van der Waals surface area (Å²) in [6, 6.07) is 0. The average molecular weight is 431 g/mol. The maximum Gasteiger partial charge on any atom is 0.193 e. The molecule has 3 rings (SSSR count). The minimum atomic E-state index is 0. The number of guanidine groups is 1. The molecule has 0 atom stereocenters. The fraction of sp³-hybridized carbons (Fsp3) is 0.765. The van der Waals surface area contributed by atoms with Gasteiger partial charge in [-0.1, -0.05) is 19.3 Å². The van der Waals surface area contributed by atoms with Gasteiger partial charge in [0.1, 0.15) is 0 Å². The first-order valence-electron chi connectivity index (χ1n) is 8.64. The number of rotatable bonds is 3. The van der Waals surface area contributed by atoms with Crippen LogP contribution in [0.15, 0.2) is 17.4 Å². The average Bonchev–Trinajstić information content (AvgIpc) is 3.12. The summed E-state index contributed by atoms with van der Waals surface area (Å²) in [5, 5.41) is 7.75. The zero-order valence-electron chi connectivity index (χ0n) is 14.4. The van der Waals surface area contributed by atoms with Crippen LogP contribution in [0.4, 0.5) is 0 Å². The summed E-state index contributed by atoms with van der Waals surface area (Å²) in [6.07, 6.45) is 13.4. The highest BCUT2D eigenvalue weighted by Crippen LogP contribution is 2.43. The van der Waals surface area contributed by atoms with Crippen molar-refractivity contribution in [3.8, 4) is 0 Å². The Kier molecular flexibility index (Phi) is 6.73. The summed E-state index contributed by atoms with van der Waals surface area (Å²) < 4.78 is 1.86. The van der Waals surface area contributed by atoms with Gasteiger partial charge in [0.2, 0.25) is 0 Å². The second-order valence-corrected chi connectivity index (χ2v) is 6.98. The van der Waals surface area contributed by atoms with E-state index in [2.05, 4.69) is 26.5 Å². The third-order valence-electron chi connectivity index (χ3n) is 5.32. The molecule has 1 aromatic rings. The van der Waals surface area contributed by atoms with Crippen molar-refractivity contribution in [2.45, 2.75) is 44.9 Å². The molecule has 6 heteroatoms. The van der Waals surface area contributed by atoms with E-state index in [1.165, 1.54) is 50.6 Å². The molecule has 1 N–H and O–H groups in total. The standard InChI is InChI=1S/C17H29N5.HI/c1-18-16(19-10-6-15-12-20-21(2)13-15)22-11-9-17(14-22)7-4-3-5-8-17;/h12-13H,3-11,14H2,1-2H3,(H,18,19);1H. The third kappa shape index (κ3) is 4.61. The van der Waals surface area contributed by atoms with E-state index in [9.17, 15) is 0 Å². The molecule has 1 aromatic heterocycles. The summed E-state index contributed by atoms with van der Waals surface area (Å²) in [4.78, 5) is 6.96. The van der Waals surface area contributed by atoms with Gasteiger partial charge < -0.3 is 10.2 Å². The van der Waals surface area contributed by atoms with E-state index in [4.69, 9.17) is 0 Å². The Labute approximate surface area is 156 Å². The Bertz CT molecular complexity index is 519. The highest BCUT2D eigenvalue weighted by atomic mass is 127. The van der Waals surface area contributed by atoms with E-state index >= 15 is 0 Å². The number of aryl methyl sites for hydroxylation is 1. The fourth-order valence-electron chi connectivity index (χ4n) is 4.08. The zero-order chi connectivity index (χ0) is 15.4. The van der Waals surface area contributed by atoms with Gasteiger partial charge in [-0.15, -0.1) is 24.0 Å². The van der Waals surface area contributed by atoms with E-state index in [-0.39, 0.29) is 24.0 Å². The van der Waals surface area contributed by atoms with E-state index in [1.54, 1.807) is 0 Å².